The van der Waals surface area contributed by atoms with E-state index in [1.807, 2.05) is 0 Å². The van der Waals surface area contributed by atoms with Crippen LogP contribution in [-0.4, -0.2) is 36.5 Å². The second-order valence-corrected chi connectivity index (χ2v) is 6.01. The third-order valence-corrected chi connectivity index (χ3v) is 5.12. The second-order valence-electron chi connectivity index (χ2n) is 4.04. The van der Waals surface area contributed by atoms with Crippen LogP contribution in [0.25, 0.3) is 0 Å². The van der Waals surface area contributed by atoms with E-state index in [-0.39, 0.29) is 29.5 Å². The van der Waals surface area contributed by atoms with E-state index < -0.39 is 13.9 Å². The first-order valence-corrected chi connectivity index (χ1v) is 7.68. The second kappa shape index (κ2) is 5.57. The first-order chi connectivity index (χ1) is 8.62. The van der Waals surface area contributed by atoms with Crippen molar-refractivity contribution >= 4 is 13.0 Å². The zero-order chi connectivity index (χ0) is 13.2. The first kappa shape index (κ1) is 13.8. The Hall–Kier alpha value is -0.620. The summed E-state index contributed by atoms with van der Waals surface area (Å²) < 4.78 is 28.3. The molecule has 0 aromatic carbocycles. The molecule has 0 bridgehead atoms. The van der Waals surface area contributed by atoms with Gasteiger partial charge in [0, 0.05) is 6.61 Å². The van der Waals surface area contributed by atoms with Crippen molar-refractivity contribution in [2.75, 3.05) is 19.8 Å². The lowest BCUT2D eigenvalue weighted by atomic mass is 10.0. The summed E-state index contributed by atoms with van der Waals surface area (Å²) in [6.45, 7) is 4.34. The molecule has 0 aliphatic carbocycles. The van der Waals surface area contributed by atoms with E-state index in [1.54, 1.807) is 13.8 Å². The van der Waals surface area contributed by atoms with E-state index >= 15 is 0 Å². The predicted octanol–water partition coefficient (Wildman–Crippen LogP) is 1.86. The van der Waals surface area contributed by atoms with E-state index in [9.17, 15) is 9.77 Å². The van der Waals surface area contributed by atoms with Gasteiger partial charge in [-0.05, 0) is 26.7 Å². The van der Waals surface area contributed by atoms with Gasteiger partial charge >= 0.3 is 13.0 Å². The van der Waals surface area contributed by atoms with Crippen molar-refractivity contribution < 1.29 is 28.1 Å². The fraction of sp³-hybridized carbons (Fsp3) is 0.900. The molecular formula is C10H18NO6P. The average Bonchev–Trinajstić information content (AvgIpc) is 2.66. The van der Waals surface area contributed by atoms with E-state index in [4.69, 9.17) is 18.6 Å². The van der Waals surface area contributed by atoms with Crippen molar-refractivity contribution in [1.82, 2.24) is 0 Å². The van der Waals surface area contributed by atoms with Crippen molar-refractivity contribution in [3.05, 3.63) is 5.21 Å². The molecule has 2 unspecified atom stereocenters. The van der Waals surface area contributed by atoms with Gasteiger partial charge in [-0.2, -0.15) is 0 Å². The molecule has 0 spiro atoms. The number of rotatable bonds is 5. The van der Waals surface area contributed by atoms with E-state index in [1.165, 1.54) is 0 Å². The molecule has 0 saturated carbocycles. The highest BCUT2D eigenvalue weighted by Gasteiger charge is 2.54. The minimum atomic E-state index is -3.59. The Morgan fingerprint density at radius 1 is 1.44 bits per heavy atom. The molecule has 1 fully saturated rings. The summed E-state index contributed by atoms with van der Waals surface area (Å²) in [5, 5.41) is 11.8. The predicted molar refractivity (Wildman–Crippen MR) is 63.0 cm³/mol. The molecule has 2 aliphatic rings. The molecule has 2 aliphatic heterocycles. The molecule has 104 valence electrons. The Labute approximate surface area is 106 Å². The van der Waals surface area contributed by atoms with Crippen molar-refractivity contribution in [3.8, 4) is 0 Å². The van der Waals surface area contributed by atoms with Gasteiger partial charge in [-0.1, -0.05) is 0 Å². The van der Waals surface area contributed by atoms with Gasteiger partial charge in [-0.3, -0.25) is 5.21 Å². The molecule has 0 N–H and O–H groups in total. The average molecular weight is 279 g/mol. The summed E-state index contributed by atoms with van der Waals surface area (Å²) in [5.74, 6) is -0.347. The van der Waals surface area contributed by atoms with Gasteiger partial charge in [0.1, 0.15) is 5.92 Å². The highest BCUT2D eigenvalue weighted by molar-refractivity contribution is 7.72. The lowest BCUT2D eigenvalue weighted by Gasteiger charge is -2.25. The van der Waals surface area contributed by atoms with Crippen LogP contribution in [-0.2, 0) is 23.2 Å². The third-order valence-electron chi connectivity index (χ3n) is 2.87. The number of nitrogens with zero attached hydrogens (tertiary/aromatic N) is 1. The van der Waals surface area contributed by atoms with Crippen LogP contribution < -0.4 is 0 Å². The van der Waals surface area contributed by atoms with Gasteiger partial charge in [0.05, 0.1) is 18.1 Å². The Balaban J connectivity index is 2.28. The minimum absolute atomic E-state index is 0.0379. The van der Waals surface area contributed by atoms with Crippen LogP contribution in [0.2, 0.25) is 0 Å². The van der Waals surface area contributed by atoms with Crippen molar-refractivity contribution in [2.45, 2.75) is 33.0 Å². The highest BCUT2D eigenvalue weighted by atomic mass is 31.2. The van der Waals surface area contributed by atoms with Gasteiger partial charge in [0.15, 0.2) is 6.29 Å². The van der Waals surface area contributed by atoms with Crippen LogP contribution in [0, 0.1) is 11.1 Å². The fourth-order valence-electron chi connectivity index (χ4n) is 2.21. The summed E-state index contributed by atoms with van der Waals surface area (Å²) in [7, 11) is -3.59. The van der Waals surface area contributed by atoms with E-state index in [0.29, 0.717) is 13.0 Å². The normalized spacial score (nSPS) is 28.1. The molecular weight excluding hydrogens is 261 g/mol. The van der Waals surface area contributed by atoms with Crippen molar-refractivity contribution in [3.63, 3.8) is 0 Å². The van der Waals surface area contributed by atoms with E-state index in [2.05, 4.69) is 0 Å². The summed E-state index contributed by atoms with van der Waals surface area (Å²) in [5.41, 5.74) is 0.0379. The Morgan fingerprint density at radius 3 is 2.72 bits per heavy atom. The molecule has 0 aromatic heterocycles. The van der Waals surface area contributed by atoms with Crippen LogP contribution in [0.3, 0.4) is 0 Å². The van der Waals surface area contributed by atoms with Crippen LogP contribution in [0.4, 0.5) is 0 Å². The Morgan fingerprint density at radius 2 is 2.11 bits per heavy atom. The van der Waals surface area contributed by atoms with Crippen LogP contribution >= 0.6 is 7.60 Å². The Bertz CT molecular complexity index is 375. The molecule has 18 heavy (non-hydrogen) atoms. The zero-order valence-electron chi connectivity index (χ0n) is 10.5. The van der Waals surface area contributed by atoms with Gasteiger partial charge in [-0.25, -0.2) is 4.57 Å². The topological polar surface area (TPSA) is 80.1 Å². The summed E-state index contributed by atoms with van der Waals surface area (Å²) in [6, 6.07) is 0. The molecule has 8 heteroatoms. The largest absolute Gasteiger partial charge is 0.426 e. The van der Waals surface area contributed by atoms with Crippen LogP contribution in [0.5, 0.6) is 0 Å². The summed E-state index contributed by atoms with van der Waals surface area (Å²) >= 11 is 0. The molecule has 2 heterocycles. The minimum Gasteiger partial charge on any atom is -0.371 e. The van der Waals surface area contributed by atoms with Gasteiger partial charge in [-0.15, -0.1) is 0 Å². The quantitative estimate of drug-likeness (QED) is 0.564. The number of hydrogen-bond donors (Lipinski definition) is 0. The SMILES string of the molecule is CCOP(=O)(OCC)C1=[N+]([O-])OC2OCCCC12. The lowest BCUT2D eigenvalue weighted by Crippen LogP contribution is -2.31. The van der Waals surface area contributed by atoms with Crippen molar-refractivity contribution in [1.29, 1.82) is 0 Å². The van der Waals surface area contributed by atoms with E-state index in [0.717, 1.165) is 6.42 Å². The maximum absolute atomic E-state index is 12.6. The molecule has 2 atom stereocenters. The number of fused-ring (bicyclic) bond motifs is 1. The molecule has 0 amide bonds. The lowest BCUT2D eigenvalue weighted by molar-refractivity contribution is -0.752. The maximum Gasteiger partial charge on any atom is 0.426 e. The van der Waals surface area contributed by atoms with Gasteiger partial charge in [0.25, 0.3) is 0 Å². The molecule has 0 radical (unpaired) electrons. The molecule has 7 nitrogen and oxygen atoms in total. The molecule has 2 rings (SSSR count). The fourth-order valence-corrected chi connectivity index (χ4v) is 4.13. The highest BCUT2D eigenvalue weighted by Crippen LogP contribution is 2.55. The monoisotopic (exact) mass is 279 g/mol. The Kier molecular flexibility index (Phi) is 4.27. The van der Waals surface area contributed by atoms with Gasteiger partial charge in [0.2, 0.25) is 0 Å². The standard InChI is InChI=1S/C10H18NO6P/c1-3-15-18(13,16-4-2)9-8-6-5-7-14-10(8)17-11(9)12/h8,10H,3-7H2,1-2H3. The smallest absolute Gasteiger partial charge is 0.371 e. The van der Waals surface area contributed by atoms with Gasteiger partial charge < -0.3 is 18.6 Å². The third kappa shape index (κ3) is 2.40. The van der Waals surface area contributed by atoms with Crippen molar-refractivity contribution in [2.24, 2.45) is 5.92 Å². The zero-order valence-corrected chi connectivity index (χ0v) is 11.4. The maximum atomic E-state index is 12.6. The van der Waals surface area contributed by atoms with Crippen LogP contribution in [0.1, 0.15) is 26.7 Å². The molecule has 1 saturated heterocycles. The molecule has 0 aromatic rings. The number of hydrogen-bond acceptors (Lipinski definition) is 6. The summed E-state index contributed by atoms with van der Waals surface area (Å²) in [4.78, 5) is 5.26. The van der Waals surface area contributed by atoms with Crippen LogP contribution in [0.15, 0.2) is 0 Å². The number of ether oxygens (including phenoxy) is 1. The first-order valence-electron chi connectivity index (χ1n) is 6.14. The summed E-state index contributed by atoms with van der Waals surface area (Å²) in [6.07, 6.45) is 0.809.